The number of nitrogens with one attached hydrogen (secondary N) is 2. The predicted octanol–water partition coefficient (Wildman–Crippen LogP) is -0.685. The van der Waals surface area contributed by atoms with E-state index in [9.17, 15) is 4.79 Å². The van der Waals surface area contributed by atoms with E-state index in [0.717, 1.165) is 13.0 Å². The molecule has 26 heavy (non-hydrogen) atoms. The number of epoxide rings is 1. The number of ether oxygens (including phenoxy) is 2. The summed E-state index contributed by atoms with van der Waals surface area (Å²) in [6.45, 7) is 14.1. The first-order chi connectivity index (χ1) is 12.5. The SMILES string of the molecule is CC[NH+]1CC[NH+](C[C@H]2C(=O)O[C@@H]3C[C@@]4(C)CCC[C@H](C)[C@@]45O[C@H]5[C@@H]32)CC1. The average molecular weight is 365 g/mol. The summed E-state index contributed by atoms with van der Waals surface area (Å²) in [6.07, 6.45) is 5.18. The molecule has 0 amide bonds. The van der Waals surface area contributed by atoms with Gasteiger partial charge < -0.3 is 19.3 Å². The second-order valence-corrected chi connectivity index (χ2v) is 10.1. The molecule has 7 atom stereocenters. The quantitative estimate of drug-likeness (QED) is 0.515. The lowest BCUT2D eigenvalue weighted by Crippen LogP contribution is -3.28. The molecule has 0 aromatic heterocycles. The highest BCUT2D eigenvalue weighted by Gasteiger charge is 2.78. The zero-order chi connectivity index (χ0) is 18.1. The molecule has 146 valence electrons. The zero-order valence-corrected chi connectivity index (χ0v) is 16.7. The van der Waals surface area contributed by atoms with Gasteiger partial charge in [-0.1, -0.05) is 20.3 Å². The molecule has 5 fully saturated rings. The predicted molar refractivity (Wildman–Crippen MR) is 97.0 cm³/mol. The molecule has 5 rings (SSSR count). The summed E-state index contributed by atoms with van der Waals surface area (Å²) in [6, 6.07) is 0. The second-order valence-electron chi connectivity index (χ2n) is 10.1. The smallest absolute Gasteiger partial charge is 0.315 e. The van der Waals surface area contributed by atoms with Crippen LogP contribution in [0.3, 0.4) is 0 Å². The summed E-state index contributed by atoms with van der Waals surface area (Å²) in [7, 11) is 0. The summed E-state index contributed by atoms with van der Waals surface area (Å²) < 4.78 is 12.5. The standard InChI is InChI=1S/C21H34N2O3/c1-4-22-8-10-23(11-9-22)13-15-17-16(25-19(15)24)12-20(3)7-5-6-14(2)21(20)18(17)26-21/h14-18H,4-13H2,1-3H3/p+2/t14-,15+,16+,17+,18-,20+,21-/m0/s1. The highest BCUT2D eigenvalue weighted by molar-refractivity contribution is 5.76. The molecule has 0 bridgehead atoms. The Kier molecular flexibility index (Phi) is 3.97. The minimum atomic E-state index is 0.0407. The molecule has 1 spiro atoms. The van der Waals surface area contributed by atoms with Crippen LogP contribution in [0.2, 0.25) is 0 Å². The fourth-order valence-corrected chi connectivity index (χ4v) is 7.29. The van der Waals surface area contributed by atoms with E-state index in [1.165, 1.54) is 52.0 Å². The largest absolute Gasteiger partial charge is 0.462 e. The van der Waals surface area contributed by atoms with Gasteiger partial charge in [-0.3, -0.25) is 4.79 Å². The molecule has 5 nitrogen and oxygen atoms in total. The van der Waals surface area contributed by atoms with Crippen molar-refractivity contribution in [1.29, 1.82) is 0 Å². The Morgan fingerprint density at radius 3 is 2.65 bits per heavy atom. The third kappa shape index (κ3) is 2.29. The minimum Gasteiger partial charge on any atom is -0.462 e. The van der Waals surface area contributed by atoms with Crippen LogP contribution in [0.25, 0.3) is 0 Å². The monoisotopic (exact) mass is 364 g/mol. The van der Waals surface area contributed by atoms with E-state index in [4.69, 9.17) is 9.47 Å². The molecule has 2 N–H and O–H groups in total. The molecule has 3 aliphatic heterocycles. The van der Waals surface area contributed by atoms with Crippen LogP contribution in [0.15, 0.2) is 0 Å². The summed E-state index contributed by atoms with van der Waals surface area (Å²) in [4.78, 5) is 16.1. The number of rotatable bonds is 3. The topological polar surface area (TPSA) is 47.7 Å². The van der Waals surface area contributed by atoms with Gasteiger partial charge >= 0.3 is 5.97 Å². The highest BCUT2D eigenvalue weighted by Crippen LogP contribution is 2.70. The molecule has 2 saturated carbocycles. The maximum atomic E-state index is 12.8. The van der Waals surface area contributed by atoms with Crippen LogP contribution in [0.5, 0.6) is 0 Å². The van der Waals surface area contributed by atoms with Gasteiger partial charge in [-0.15, -0.1) is 0 Å². The minimum absolute atomic E-state index is 0.0407. The molecule has 0 radical (unpaired) electrons. The van der Waals surface area contributed by atoms with Gasteiger partial charge in [0.05, 0.1) is 19.2 Å². The fourth-order valence-electron chi connectivity index (χ4n) is 7.29. The molecule has 0 aromatic carbocycles. The number of likely N-dealkylation sites (N-methyl/N-ethyl adjacent to an activating group) is 1. The summed E-state index contributed by atoms with van der Waals surface area (Å²) in [5.74, 6) is 1.05. The van der Waals surface area contributed by atoms with E-state index >= 15 is 0 Å². The molecule has 3 saturated heterocycles. The number of piperazine rings is 1. The Bertz CT molecular complexity index is 590. The van der Waals surface area contributed by atoms with E-state index in [-0.39, 0.29) is 35.1 Å². The summed E-state index contributed by atoms with van der Waals surface area (Å²) in [5.41, 5.74) is 0.244. The normalized spacial score (nSPS) is 55.5. The van der Waals surface area contributed by atoms with Gasteiger partial charge in [0.15, 0.2) is 0 Å². The van der Waals surface area contributed by atoms with Gasteiger partial charge in [0.2, 0.25) is 0 Å². The van der Waals surface area contributed by atoms with Crippen molar-refractivity contribution in [3.05, 3.63) is 0 Å². The van der Waals surface area contributed by atoms with Crippen LogP contribution in [0, 0.1) is 23.2 Å². The molecule has 3 heterocycles. The Labute approximate surface area is 157 Å². The molecule has 0 unspecified atom stereocenters. The zero-order valence-electron chi connectivity index (χ0n) is 16.7. The molecule has 5 heteroatoms. The maximum absolute atomic E-state index is 12.8. The van der Waals surface area contributed by atoms with Crippen molar-refractivity contribution >= 4 is 5.97 Å². The van der Waals surface area contributed by atoms with Gasteiger partial charge in [-0.05, 0) is 32.1 Å². The first-order valence-corrected chi connectivity index (χ1v) is 11.0. The third-order valence-corrected chi connectivity index (χ3v) is 8.87. The number of hydrogen-bond donors (Lipinski definition) is 2. The summed E-state index contributed by atoms with van der Waals surface area (Å²) in [5, 5.41) is 0. The van der Waals surface area contributed by atoms with E-state index in [2.05, 4.69) is 20.8 Å². The summed E-state index contributed by atoms with van der Waals surface area (Å²) >= 11 is 0. The van der Waals surface area contributed by atoms with Crippen molar-refractivity contribution in [3.63, 3.8) is 0 Å². The lowest BCUT2D eigenvalue weighted by atomic mass is 9.53. The van der Waals surface area contributed by atoms with Crippen molar-refractivity contribution in [2.45, 2.75) is 64.3 Å². The van der Waals surface area contributed by atoms with Crippen molar-refractivity contribution < 1.29 is 24.1 Å². The van der Waals surface area contributed by atoms with Gasteiger partial charge in [0, 0.05) is 11.3 Å². The van der Waals surface area contributed by atoms with Crippen LogP contribution < -0.4 is 9.80 Å². The molecule has 5 aliphatic rings. The van der Waals surface area contributed by atoms with E-state index in [0.29, 0.717) is 11.8 Å². The average Bonchev–Trinajstić information content (AvgIpc) is 3.31. The number of carbonyl (C=O) groups is 1. The lowest BCUT2D eigenvalue weighted by Gasteiger charge is -2.48. The number of esters is 1. The van der Waals surface area contributed by atoms with Gasteiger partial charge in [0.1, 0.15) is 43.8 Å². The van der Waals surface area contributed by atoms with Gasteiger partial charge in [-0.2, -0.15) is 0 Å². The van der Waals surface area contributed by atoms with Crippen molar-refractivity contribution in [2.75, 3.05) is 39.3 Å². The molecular weight excluding hydrogens is 328 g/mol. The maximum Gasteiger partial charge on any atom is 0.315 e. The van der Waals surface area contributed by atoms with Crippen LogP contribution >= 0.6 is 0 Å². The van der Waals surface area contributed by atoms with Gasteiger partial charge in [-0.25, -0.2) is 0 Å². The fraction of sp³-hybridized carbons (Fsp3) is 0.952. The lowest BCUT2D eigenvalue weighted by molar-refractivity contribution is -1.01. The van der Waals surface area contributed by atoms with Crippen molar-refractivity contribution in [1.82, 2.24) is 0 Å². The molecular formula is C21H36N2O3+2. The Morgan fingerprint density at radius 2 is 1.92 bits per heavy atom. The number of hydrogen-bond acceptors (Lipinski definition) is 3. The highest BCUT2D eigenvalue weighted by atomic mass is 16.6. The Balaban J connectivity index is 1.34. The second kappa shape index (κ2) is 5.92. The van der Waals surface area contributed by atoms with Crippen LogP contribution in [-0.2, 0) is 14.3 Å². The number of carbonyl (C=O) groups excluding carboxylic acids is 1. The van der Waals surface area contributed by atoms with Crippen LogP contribution in [0.4, 0.5) is 0 Å². The Hall–Kier alpha value is -0.650. The molecule has 2 aliphatic carbocycles. The first kappa shape index (κ1) is 17.4. The molecule has 0 aromatic rings. The Morgan fingerprint density at radius 1 is 1.19 bits per heavy atom. The van der Waals surface area contributed by atoms with Crippen molar-refractivity contribution in [3.8, 4) is 0 Å². The van der Waals surface area contributed by atoms with Crippen molar-refractivity contribution in [2.24, 2.45) is 23.2 Å². The van der Waals surface area contributed by atoms with Crippen LogP contribution in [-0.4, -0.2) is 63.0 Å². The number of quaternary nitrogens is 2. The first-order valence-electron chi connectivity index (χ1n) is 11.0. The number of fused-ring (bicyclic) bond motifs is 2. The van der Waals surface area contributed by atoms with E-state index in [1.807, 2.05) is 0 Å². The van der Waals surface area contributed by atoms with E-state index in [1.54, 1.807) is 9.80 Å². The van der Waals surface area contributed by atoms with Gasteiger partial charge in [0.25, 0.3) is 0 Å². The van der Waals surface area contributed by atoms with Crippen LogP contribution in [0.1, 0.15) is 46.5 Å². The third-order valence-electron chi connectivity index (χ3n) is 8.87. The van der Waals surface area contributed by atoms with E-state index < -0.39 is 0 Å².